The Morgan fingerprint density at radius 2 is 1.18 bits per heavy atom. The van der Waals surface area contributed by atoms with Gasteiger partial charge >= 0.3 is 0 Å². The third kappa shape index (κ3) is 2.25. The third-order valence-corrected chi connectivity index (χ3v) is 3.82. The normalized spacial score (nSPS) is 12.1. The zero-order valence-corrected chi connectivity index (χ0v) is 12.8. The summed E-state index contributed by atoms with van der Waals surface area (Å²) in [6.07, 6.45) is 2.88. The van der Waals surface area contributed by atoms with Crippen molar-refractivity contribution in [1.29, 1.82) is 0 Å². The Morgan fingerprint density at radius 3 is 1.55 bits per heavy atom. The first-order chi connectivity index (χ1) is 10.7. The minimum atomic E-state index is -0.0907. The molecule has 2 aromatic carbocycles. The Balaban J connectivity index is 2.21. The summed E-state index contributed by atoms with van der Waals surface area (Å²) < 4.78 is 12.0. The van der Waals surface area contributed by atoms with Crippen LogP contribution >= 0.6 is 0 Å². The van der Waals surface area contributed by atoms with Crippen molar-refractivity contribution in [2.24, 2.45) is 0 Å². The van der Waals surface area contributed by atoms with Crippen LogP contribution < -0.4 is 9.47 Å². The van der Waals surface area contributed by atoms with Crippen molar-refractivity contribution in [3.8, 4) is 34.5 Å². The van der Waals surface area contributed by atoms with E-state index in [4.69, 9.17) is 9.47 Å². The maximum atomic E-state index is 10.4. The monoisotopic (exact) mass is 300 g/mol. The number of hydrogen-bond acceptors (Lipinski definition) is 4. The lowest BCUT2D eigenvalue weighted by Crippen LogP contribution is -2.06. The van der Waals surface area contributed by atoms with E-state index in [0.29, 0.717) is 47.0 Å². The van der Waals surface area contributed by atoms with Crippen LogP contribution in [-0.4, -0.2) is 10.2 Å². The van der Waals surface area contributed by atoms with Gasteiger partial charge in [-0.1, -0.05) is 38.8 Å². The molecule has 3 rings (SSSR count). The van der Waals surface area contributed by atoms with Gasteiger partial charge in [0.1, 0.15) is 0 Å². The van der Waals surface area contributed by atoms with Crippen LogP contribution in [0.4, 0.5) is 0 Å². The second kappa shape index (κ2) is 5.79. The van der Waals surface area contributed by atoms with Gasteiger partial charge in [-0.2, -0.15) is 0 Å². The molecule has 0 saturated heterocycles. The van der Waals surface area contributed by atoms with E-state index >= 15 is 0 Å². The van der Waals surface area contributed by atoms with Gasteiger partial charge in [-0.15, -0.1) is 0 Å². The van der Waals surface area contributed by atoms with Crippen LogP contribution in [0.25, 0.3) is 0 Å². The molecule has 0 atom stereocenters. The Hall–Kier alpha value is -2.36. The summed E-state index contributed by atoms with van der Waals surface area (Å²) in [6.45, 7) is 4.03. The molecule has 1 aliphatic rings. The van der Waals surface area contributed by atoms with Gasteiger partial charge in [-0.25, -0.2) is 0 Å². The Morgan fingerprint density at radius 1 is 0.773 bits per heavy atom. The summed E-state index contributed by atoms with van der Waals surface area (Å²) in [6, 6.07) is 7.41. The molecule has 1 heterocycles. The van der Waals surface area contributed by atoms with Crippen molar-refractivity contribution in [1.82, 2.24) is 0 Å². The molecule has 0 bridgehead atoms. The fourth-order valence-electron chi connectivity index (χ4n) is 2.79. The van der Waals surface area contributed by atoms with E-state index in [9.17, 15) is 10.2 Å². The van der Waals surface area contributed by atoms with Gasteiger partial charge in [0.25, 0.3) is 0 Å². The van der Waals surface area contributed by atoms with Crippen molar-refractivity contribution in [2.75, 3.05) is 0 Å². The predicted molar refractivity (Wildman–Crippen MR) is 84.4 cm³/mol. The molecule has 0 spiro atoms. The third-order valence-electron chi connectivity index (χ3n) is 3.82. The fraction of sp³-hybridized carbons (Fsp3) is 0.333. The minimum absolute atomic E-state index is 0.0907. The smallest absolute Gasteiger partial charge is 0.177 e. The van der Waals surface area contributed by atoms with Crippen molar-refractivity contribution in [2.45, 2.75) is 39.5 Å². The zero-order valence-electron chi connectivity index (χ0n) is 12.8. The highest BCUT2D eigenvalue weighted by atomic mass is 16.6. The lowest BCUT2D eigenvalue weighted by atomic mass is 9.98. The highest BCUT2D eigenvalue weighted by molar-refractivity contribution is 5.69. The highest BCUT2D eigenvalue weighted by Crippen LogP contribution is 2.55. The molecule has 0 saturated carbocycles. The highest BCUT2D eigenvalue weighted by Gasteiger charge is 2.30. The van der Waals surface area contributed by atoms with Crippen LogP contribution in [0.1, 0.15) is 37.8 Å². The largest absolute Gasteiger partial charge is 0.504 e. The van der Waals surface area contributed by atoms with E-state index in [0.717, 1.165) is 12.8 Å². The van der Waals surface area contributed by atoms with Gasteiger partial charge in [-0.05, 0) is 25.0 Å². The molecule has 0 amide bonds. The first-order valence-corrected chi connectivity index (χ1v) is 7.71. The molecule has 0 radical (unpaired) electrons. The van der Waals surface area contributed by atoms with Gasteiger partial charge in [0, 0.05) is 11.1 Å². The summed E-state index contributed by atoms with van der Waals surface area (Å²) in [4.78, 5) is 0. The van der Waals surface area contributed by atoms with E-state index in [-0.39, 0.29) is 11.5 Å². The Bertz CT molecular complexity index is 647. The molecule has 4 nitrogen and oxygen atoms in total. The van der Waals surface area contributed by atoms with Crippen LogP contribution in [0.15, 0.2) is 24.3 Å². The maximum absolute atomic E-state index is 10.4. The van der Waals surface area contributed by atoms with Crippen LogP contribution in [0, 0.1) is 0 Å². The number of phenols is 2. The Labute approximate surface area is 129 Å². The number of aromatic hydroxyl groups is 2. The van der Waals surface area contributed by atoms with Gasteiger partial charge in [0.15, 0.2) is 34.5 Å². The quantitative estimate of drug-likeness (QED) is 0.673. The molecule has 0 aromatic heterocycles. The molecule has 22 heavy (non-hydrogen) atoms. The number of rotatable bonds is 4. The standard InChI is InChI=1S/C18H20O4/c1-3-7-11-15(19)16(20)12(8-4-2)18-17(11)21-13-9-5-6-10-14(13)22-18/h5-6,9-10,19-20H,3-4,7-8H2,1-2H3. The topological polar surface area (TPSA) is 58.9 Å². The van der Waals surface area contributed by atoms with Crippen molar-refractivity contribution in [3.05, 3.63) is 35.4 Å². The van der Waals surface area contributed by atoms with E-state index in [1.54, 1.807) is 0 Å². The summed E-state index contributed by atoms with van der Waals surface area (Å²) in [5, 5.41) is 20.7. The average Bonchev–Trinajstić information content (AvgIpc) is 2.54. The number of fused-ring (bicyclic) bond motifs is 2. The van der Waals surface area contributed by atoms with Crippen LogP contribution in [0.5, 0.6) is 34.5 Å². The molecule has 0 unspecified atom stereocenters. The summed E-state index contributed by atoms with van der Waals surface area (Å²) >= 11 is 0. The van der Waals surface area contributed by atoms with Gasteiger partial charge in [0.2, 0.25) is 0 Å². The molecule has 1 aliphatic heterocycles. The first-order valence-electron chi connectivity index (χ1n) is 7.71. The molecule has 2 aromatic rings. The van der Waals surface area contributed by atoms with Crippen LogP contribution in [0.2, 0.25) is 0 Å². The summed E-state index contributed by atoms with van der Waals surface area (Å²) in [5.41, 5.74) is 1.20. The van der Waals surface area contributed by atoms with Gasteiger partial charge < -0.3 is 19.7 Å². The van der Waals surface area contributed by atoms with Crippen LogP contribution in [-0.2, 0) is 12.8 Å². The summed E-state index contributed by atoms with van der Waals surface area (Å²) in [5.74, 6) is 2.12. The average molecular weight is 300 g/mol. The molecular weight excluding hydrogens is 280 g/mol. The second-order valence-electron chi connectivity index (χ2n) is 5.46. The van der Waals surface area contributed by atoms with E-state index in [1.807, 2.05) is 38.1 Å². The zero-order chi connectivity index (χ0) is 15.7. The van der Waals surface area contributed by atoms with E-state index < -0.39 is 0 Å². The molecule has 0 fully saturated rings. The maximum Gasteiger partial charge on any atom is 0.177 e. The van der Waals surface area contributed by atoms with Crippen molar-refractivity contribution < 1.29 is 19.7 Å². The summed E-state index contributed by atoms with van der Waals surface area (Å²) in [7, 11) is 0. The number of ether oxygens (including phenoxy) is 2. The molecular formula is C18H20O4. The molecule has 116 valence electrons. The molecule has 0 aliphatic carbocycles. The molecule has 2 N–H and O–H groups in total. The molecule has 4 heteroatoms. The predicted octanol–water partition coefficient (Wildman–Crippen LogP) is 4.90. The lowest BCUT2D eigenvalue weighted by Gasteiger charge is -2.26. The van der Waals surface area contributed by atoms with E-state index in [1.165, 1.54) is 0 Å². The lowest BCUT2D eigenvalue weighted by molar-refractivity contribution is 0.334. The van der Waals surface area contributed by atoms with Crippen molar-refractivity contribution in [3.63, 3.8) is 0 Å². The van der Waals surface area contributed by atoms with E-state index in [2.05, 4.69) is 0 Å². The number of benzene rings is 2. The minimum Gasteiger partial charge on any atom is -0.504 e. The number of phenolic OH excluding ortho intramolecular Hbond substituents is 2. The first kappa shape index (κ1) is 14.6. The van der Waals surface area contributed by atoms with Crippen LogP contribution in [0.3, 0.4) is 0 Å². The SMILES string of the molecule is CCCc1c(O)c(O)c(CCC)c2c1Oc1ccccc1O2. The van der Waals surface area contributed by atoms with Gasteiger partial charge in [0.05, 0.1) is 0 Å². The number of para-hydroxylation sites is 2. The second-order valence-corrected chi connectivity index (χ2v) is 5.46. The fourth-order valence-corrected chi connectivity index (χ4v) is 2.79. The van der Waals surface area contributed by atoms with Crippen molar-refractivity contribution >= 4 is 0 Å². The van der Waals surface area contributed by atoms with Gasteiger partial charge in [-0.3, -0.25) is 0 Å². The number of hydrogen-bond donors (Lipinski definition) is 2. The Kier molecular flexibility index (Phi) is 3.84.